The van der Waals surface area contributed by atoms with Gasteiger partial charge in [-0.1, -0.05) is 30.3 Å². The van der Waals surface area contributed by atoms with Crippen LogP contribution in [0.1, 0.15) is 46.0 Å². The van der Waals surface area contributed by atoms with Crippen molar-refractivity contribution in [3.05, 3.63) is 82.4 Å². The lowest BCUT2D eigenvalue weighted by Crippen LogP contribution is -2.51. The molecule has 2 saturated heterocycles. The van der Waals surface area contributed by atoms with Crippen LogP contribution in [0.25, 0.3) is 10.9 Å². The second kappa shape index (κ2) is 10.2. The number of benzene rings is 2. The fourth-order valence-corrected chi connectivity index (χ4v) is 5.43. The van der Waals surface area contributed by atoms with Crippen LogP contribution in [0.2, 0.25) is 5.02 Å². The minimum Gasteiger partial charge on any atom is -0.339 e. The number of aromatic nitrogens is 1. The molecule has 2 amide bonds. The van der Waals surface area contributed by atoms with Gasteiger partial charge in [0.1, 0.15) is 5.82 Å². The lowest BCUT2D eigenvalue weighted by Gasteiger charge is -2.41. The third-order valence-corrected chi connectivity index (χ3v) is 7.68. The number of nitrogens with two attached hydrogens (primary N) is 1. The van der Waals surface area contributed by atoms with Crippen LogP contribution in [-0.4, -0.2) is 69.2 Å². The molecule has 0 spiro atoms. The molecule has 3 heterocycles. The molecule has 8 nitrogen and oxygen atoms in total. The third kappa shape index (κ3) is 4.79. The second-order valence-electron chi connectivity index (χ2n) is 9.99. The largest absolute Gasteiger partial charge is 0.339 e. The van der Waals surface area contributed by atoms with E-state index in [0.717, 1.165) is 18.4 Å². The van der Waals surface area contributed by atoms with Gasteiger partial charge >= 0.3 is 0 Å². The molecule has 0 saturated carbocycles. The zero-order chi connectivity index (χ0) is 27.1. The molecule has 5 rings (SSSR count). The molecular weight excluding hydrogens is 509 g/mol. The number of hydrogen-bond acceptors (Lipinski definition) is 5. The van der Waals surface area contributed by atoms with Crippen LogP contribution in [0.5, 0.6) is 0 Å². The summed E-state index contributed by atoms with van der Waals surface area (Å²) in [6.07, 6.45) is 3.14. The quantitative estimate of drug-likeness (QED) is 0.303. The summed E-state index contributed by atoms with van der Waals surface area (Å²) in [6, 6.07) is 9.42. The van der Waals surface area contributed by atoms with Crippen molar-refractivity contribution in [1.82, 2.24) is 19.4 Å². The highest BCUT2D eigenvalue weighted by Crippen LogP contribution is 2.31. The Balaban J connectivity index is 1.39. The SMILES string of the molecule is C=C1CN(Cc2ccc(F)cc2)[C@@H](C)CN1C(=O)c1cc2c(C(=O)C(=O)N3CCCC3)cn(N)c2cc1Cl. The lowest BCUT2D eigenvalue weighted by atomic mass is 10.0. The molecule has 10 heteroatoms. The molecule has 2 aliphatic rings. The van der Waals surface area contributed by atoms with E-state index in [9.17, 15) is 18.8 Å². The molecule has 38 heavy (non-hydrogen) atoms. The van der Waals surface area contributed by atoms with Crippen LogP contribution in [0.3, 0.4) is 0 Å². The van der Waals surface area contributed by atoms with Crippen molar-refractivity contribution in [1.29, 1.82) is 0 Å². The second-order valence-corrected chi connectivity index (χ2v) is 10.4. The highest BCUT2D eigenvalue weighted by Gasteiger charge is 2.33. The highest BCUT2D eigenvalue weighted by molar-refractivity contribution is 6.45. The number of rotatable bonds is 5. The first-order chi connectivity index (χ1) is 18.1. The number of halogens is 2. The van der Waals surface area contributed by atoms with Crippen LogP contribution >= 0.6 is 11.6 Å². The van der Waals surface area contributed by atoms with Gasteiger partial charge in [0.25, 0.3) is 17.6 Å². The predicted octanol–water partition coefficient (Wildman–Crippen LogP) is 3.81. The number of carbonyl (C=O) groups is 3. The Morgan fingerprint density at radius 2 is 1.79 bits per heavy atom. The van der Waals surface area contributed by atoms with E-state index in [-0.39, 0.29) is 33.9 Å². The highest BCUT2D eigenvalue weighted by atomic mass is 35.5. The Kier molecular flexibility index (Phi) is 6.98. The number of fused-ring (bicyclic) bond motifs is 1. The zero-order valence-electron chi connectivity index (χ0n) is 21.1. The van der Waals surface area contributed by atoms with E-state index < -0.39 is 11.7 Å². The number of hydrogen-bond donors (Lipinski definition) is 1. The minimum absolute atomic E-state index is 0.00245. The molecule has 0 unspecified atom stereocenters. The summed E-state index contributed by atoms with van der Waals surface area (Å²) in [4.78, 5) is 44.9. The predicted molar refractivity (Wildman–Crippen MR) is 144 cm³/mol. The van der Waals surface area contributed by atoms with Gasteiger partial charge in [0, 0.05) is 56.0 Å². The number of carbonyl (C=O) groups excluding carboxylic acids is 3. The van der Waals surface area contributed by atoms with Crippen molar-refractivity contribution in [3.8, 4) is 0 Å². The van der Waals surface area contributed by atoms with Gasteiger partial charge in [0.05, 0.1) is 21.7 Å². The molecule has 0 bridgehead atoms. The minimum atomic E-state index is -0.658. The maximum Gasteiger partial charge on any atom is 0.295 e. The molecule has 2 fully saturated rings. The van der Waals surface area contributed by atoms with E-state index in [4.69, 9.17) is 17.4 Å². The van der Waals surface area contributed by atoms with Crippen molar-refractivity contribution in [3.63, 3.8) is 0 Å². The molecule has 2 aliphatic heterocycles. The van der Waals surface area contributed by atoms with Gasteiger partial charge in [0.15, 0.2) is 0 Å². The lowest BCUT2D eigenvalue weighted by molar-refractivity contribution is -0.125. The average molecular weight is 538 g/mol. The summed E-state index contributed by atoms with van der Waals surface area (Å²) in [5.74, 6) is 4.22. The van der Waals surface area contributed by atoms with Crippen molar-refractivity contribution < 1.29 is 18.8 Å². The van der Waals surface area contributed by atoms with Gasteiger partial charge in [-0.2, -0.15) is 0 Å². The van der Waals surface area contributed by atoms with Crippen molar-refractivity contribution in [2.75, 3.05) is 32.0 Å². The van der Waals surface area contributed by atoms with Gasteiger partial charge in [0.2, 0.25) is 0 Å². The molecule has 0 aliphatic carbocycles. The summed E-state index contributed by atoms with van der Waals surface area (Å²) < 4.78 is 14.5. The summed E-state index contributed by atoms with van der Waals surface area (Å²) in [5.41, 5.74) is 2.35. The molecule has 2 N–H and O–H groups in total. The number of Topliss-reactive ketones (excluding diaryl/α,β-unsaturated/α-hetero) is 1. The monoisotopic (exact) mass is 537 g/mol. The topological polar surface area (TPSA) is 91.9 Å². The number of ketones is 1. The molecule has 198 valence electrons. The van der Waals surface area contributed by atoms with Gasteiger partial charge in [-0.25, -0.2) is 4.39 Å². The van der Waals surface area contributed by atoms with Crippen LogP contribution in [-0.2, 0) is 11.3 Å². The summed E-state index contributed by atoms with van der Waals surface area (Å²) >= 11 is 6.53. The summed E-state index contributed by atoms with van der Waals surface area (Å²) in [7, 11) is 0. The van der Waals surface area contributed by atoms with Crippen molar-refractivity contribution in [2.24, 2.45) is 0 Å². The molecular formula is C28H29ClFN5O3. The number of piperazine rings is 1. The number of likely N-dealkylation sites (tertiary alicyclic amines) is 1. The van der Waals surface area contributed by atoms with Gasteiger partial charge < -0.3 is 15.6 Å². The average Bonchev–Trinajstić information content (AvgIpc) is 3.54. The van der Waals surface area contributed by atoms with E-state index in [0.29, 0.717) is 49.3 Å². The number of amides is 2. The van der Waals surface area contributed by atoms with Gasteiger partial charge in [-0.15, -0.1) is 0 Å². The fraction of sp³-hybridized carbons (Fsp3) is 0.321. The van der Waals surface area contributed by atoms with Gasteiger partial charge in [-0.3, -0.25) is 24.0 Å². The maximum absolute atomic E-state index is 13.7. The smallest absolute Gasteiger partial charge is 0.295 e. The number of nitrogen functional groups attached to an aromatic ring is 1. The van der Waals surface area contributed by atoms with Gasteiger partial charge in [-0.05, 0) is 49.6 Å². The molecule has 1 atom stereocenters. The Morgan fingerprint density at radius 1 is 1.11 bits per heavy atom. The Labute approximate surface area is 225 Å². The van der Waals surface area contributed by atoms with Crippen LogP contribution in [0, 0.1) is 5.82 Å². The van der Waals surface area contributed by atoms with Crippen LogP contribution in [0.4, 0.5) is 4.39 Å². The normalized spacial score (nSPS) is 18.4. The van der Waals surface area contributed by atoms with E-state index in [2.05, 4.69) is 11.5 Å². The summed E-state index contributed by atoms with van der Waals surface area (Å²) in [5, 5.41) is 0.581. The van der Waals surface area contributed by atoms with E-state index in [1.54, 1.807) is 21.9 Å². The Bertz CT molecular complexity index is 1440. The zero-order valence-corrected chi connectivity index (χ0v) is 21.9. The fourth-order valence-electron chi connectivity index (χ4n) is 5.19. The molecule has 1 aromatic heterocycles. The van der Waals surface area contributed by atoms with Crippen molar-refractivity contribution >= 4 is 40.1 Å². The van der Waals surface area contributed by atoms with E-state index in [1.807, 2.05) is 6.92 Å². The Morgan fingerprint density at radius 3 is 2.47 bits per heavy atom. The first-order valence-corrected chi connectivity index (χ1v) is 12.9. The molecule has 2 aromatic carbocycles. The maximum atomic E-state index is 13.7. The first-order valence-electron chi connectivity index (χ1n) is 12.6. The van der Waals surface area contributed by atoms with Crippen molar-refractivity contribution in [2.45, 2.75) is 32.4 Å². The van der Waals surface area contributed by atoms with E-state index in [1.165, 1.54) is 35.1 Å². The standard InChI is InChI=1S/C28H29ClFN5O3/c1-17-14-34(18(2)13-33(17)15-19-5-7-20(30)8-6-19)27(37)22-11-21-23(16-35(31)25(21)12-24(22)29)26(36)28(38)32-9-3-4-10-32/h5-8,11-12,16-17H,2-4,9-10,13-15,31H2,1H3/t17-/m0/s1. The first kappa shape index (κ1) is 25.9. The molecule has 0 radical (unpaired) electrons. The molecule has 3 aromatic rings. The van der Waals surface area contributed by atoms with Crippen LogP contribution in [0.15, 0.2) is 54.9 Å². The van der Waals surface area contributed by atoms with E-state index >= 15 is 0 Å². The number of nitrogens with zero attached hydrogens (tertiary/aromatic N) is 4. The van der Waals surface area contributed by atoms with Crippen LogP contribution < -0.4 is 5.84 Å². The Hall–Kier alpha value is -3.69. The summed E-state index contributed by atoms with van der Waals surface area (Å²) in [6.45, 7) is 8.65. The third-order valence-electron chi connectivity index (χ3n) is 7.37.